The average Bonchev–Trinajstić information content (AvgIpc) is 3.26. The van der Waals surface area contributed by atoms with Crippen molar-refractivity contribution in [2.45, 2.75) is 19.9 Å². The van der Waals surface area contributed by atoms with E-state index < -0.39 is 28.1 Å². The summed E-state index contributed by atoms with van der Waals surface area (Å²) >= 11 is 0.742. The molecule has 1 aromatic carbocycles. The Hall–Kier alpha value is -3.40. The lowest BCUT2D eigenvalue weighted by Crippen LogP contribution is -2.42. The van der Waals surface area contributed by atoms with Crippen LogP contribution < -0.4 is 0 Å². The molecule has 0 bridgehead atoms. The van der Waals surface area contributed by atoms with Gasteiger partial charge in [-0.2, -0.15) is 0 Å². The van der Waals surface area contributed by atoms with Gasteiger partial charge in [0.2, 0.25) is 0 Å². The Morgan fingerprint density at radius 1 is 1.28 bits per heavy atom. The quantitative estimate of drug-likeness (QED) is 0.308. The Balaban J connectivity index is 1.87. The fourth-order valence-electron chi connectivity index (χ4n) is 2.80. The van der Waals surface area contributed by atoms with Crippen LogP contribution >= 0.6 is 11.8 Å². The number of non-ortho nitro benzene ring substituents is 1. The maximum Gasteiger partial charge on any atom is 0.329 e. The molecule has 2 aromatic rings. The van der Waals surface area contributed by atoms with Crippen LogP contribution in [0.3, 0.4) is 0 Å². The van der Waals surface area contributed by atoms with Crippen molar-refractivity contribution in [1.82, 2.24) is 9.47 Å². The number of carbonyl (C=O) groups excluding carboxylic acids is 3. The molecule has 1 saturated heterocycles. The van der Waals surface area contributed by atoms with E-state index >= 15 is 0 Å². The number of rotatable bonds is 6. The zero-order valence-corrected chi connectivity index (χ0v) is 16.4. The van der Waals surface area contributed by atoms with Crippen LogP contribution in [-0.4, -0.2) is 44.2 Å². The number of carbonyl (C=O) groups is 3. The molecule has 0 saturated carbocycles. The standard InChI is InChI=1S/C19H17N3O6S/c1-3-28-18(24)12(2)21-17(23)16(29-19(21)25)11-15-5-4-10-20(15)13-6-8-14(9-7-13)22(26)27/h4-12H,3H2,1-2H3. The molecule has 0 N–H and O–H groups in total. The number of esters is 1. The first-order valence-corrected chi connectivity index (χ1v) is 9.51. The molecule has 150 valence electrons. The lowest BCUT2D eigenvalue weighted by molar-refractivity contribution is -0.384. The topological polar surface area (TPSA) is 112 Å². The lowest BCUT2D eigenvalue weighted by Gasteiger charge is -2.19. The number of benzene rings is 1. The molecule has 29 heavy (non-hydrogen) atoms. The summed E-state index contributed by atoms with van der Waals surface area (Å²) < 4.78 is 6.62. The summed E-state index contributed by atoms with van der Waals surface area (Å²) in [7, 11) is 0. The number of nitrogens with zero attached hydrogens (tertiary/aromatic N) is 3. The van der Waals surface area contributed by atoms with Gasteiger partial charge in [0, 0.05) is 29.7 Å². The third-order valence-electron chi connectivity index (χ3n) is 4.24. The van der Waals surface area contributed by atoms with Gasteiger partial charge in [-0.3, -0.25) is 24.6 Å². The van der Waals surface area contributed by atoms with Crippen molar-refractivity contribution in [2.24, 2.45) is 0 Å². The van der Waals surface area contributed by atoms with Crippen molar-refractivity contribution in [3.8, 4) is 5.69 Å². The molecule has 10 heteroatoms. The van der Waals surface area contributed by atoms with Crippen LogP contribution in [0.25, 0.3) is 11.8 Å². The second-order valence-corrected chi connectivity index (χ2v) is 7.05. The molecular formula is C19H17N3O6S. The van der Waals surface area contributed by atoms with Gasteiger partial charge >= 0.3 is 5.97 Å². The first kappa shape index (κ1) is 20.3. The first-order valence-electron chi connectivity index (χ1n) is 8.69. The SMILES string of the molecule is CCOC(=O)C(C)N1C(=O)SC(=Cc2cccn2-c2ccc([N+](=O)[O-])cc2)C1=O. The number of ether oxygens (including phenoxy) is 1. The van der Waals surface area contributed by atoms with Gasteiger partial charge < -0.3 is 9.30 Å². The molecule has 1 aliphatic heterocycles. The molecule has 1 aliphatic rings. The van der Waals surface area contributed by atoms with Crippen molar-refractivity contribution < 1.29 is 24.0 Å². The minimum Gasteiger partial charge on any atom is -0.464 e. The molecule has 2 heterocycles. The number of hydrogen-bond acceptors (Lipinski definition) is 7. The van der Waals surface area contributed by atoms with Crippen LogP contribution in [0.1, 0.15) is 19.5 Å². The van der Waals surface area contributed by atoms with E-state index in [4.69, 9.17) is 4.74 Å². The van der Waals surface area contributed by atoms with Crippen molar-refractivity contribution in [2.75, 3.05) is 6.61 Å². The Bertz CT molecular complexity index is 1010. The molecule has 0 radical (unpaired) electrons. The van der Waals surface area contributed by atoms with Crippen molar-refractivity contribution in [1.29, 1.82) is 0 Å². The van der Waals surface area contributed by atoms with E-state index in [1.165, 1.54) is 19.1 Å². The van der Waals surface area contributed by atoms with Gasteiger partial charge in [0.25, 0.3) is 16.8 Å². The number of hydrogen-bond donors (Lipinski definition) is 0. The summed E-state index contributed by atoms with van der Waals surface area (Å²) in [5, 5.41) is 10.3. The summed E-state index contributed by atoms with van der Waals surface area (Å²) in [5.74, 6) is -1.22. The molecule has 9 nitrogen and oxygen atoms in total. The van der Waals surface area contributed by atoms with Crippen LogP contribution in [-0.2, 0) is 14.3 Å². The third-order valence-corrected chi connectivity index (χ3v) is 5.12. The fourth-order valence-corrected chi connectivity index (χ4v) is 3.69. The van der Waals surface area contributed by atoms with E-state index in [9.17, 15) is 24.5 Å². The fraction of sp³-hybridized carbons (Fsp3) is 0.211. The molecular weight excluding hydrogens is 398 g/mol. The zero-order valence-electron chi connectivity index (χ0n) is 15.6. The molecule has 0 aliphatic carbocycles. The van der Waals surface area contributed by atoms with E-state index in [1.54, 1.807) is 48.0 Å². The second kappa shape index (κ2) is 8.31. The van der Waals surface area contributed by atoms with Gasteiger partial charge in [0.15, 0.2) is 0 Å². The average molecular weight is 415 g/mol. The predicted octanol–water partition coefficient (Wildman–Crippen LogP) is 3.37. The molecule has 1 fully saturated rings. The normalized spacial score (nSPS) is 16.3. The van der Waals surface area contributed by atoms with Crippen LogP contribution in [0, 0.1) is 10.1 Å². The zero-order chi connectivity index (χ0) is 21.1. The Labute approximate surface area is 170 Å². The van der Waals surface area contributed by atoms with Gasteiger partial charge in [0.05, 0.1) is 16.4 Å². The van der Waals surface area contributed by atoms with Crippen molar-refractivity contribution in [3.05, 3.63) is 63.3 Å². The van der Waals surface area contributed by atoms with Gasteiger partial charge in [-0.1, -0.05) is 0 Å². The van der Waals surface area contributed by atoms with Gasteiger partial charge in [-0.05, 0) is 56.0 Å². The monoisotopic (exact) mass is 415 g/mol. The predicted molar refractivity (Wildman–Crippen MR) is 106 cm³/mol. The highest BCUT2D eigenvalue weighted by molar-refractivity contribution is 8.18. The molecule has 1 atom stereocenters. The number of thioether (sulfide) groups is 1. The summed E-state index contributed by atoms with van der Waals surface area (Å²) in [6.07, 6.45) is 3.28. The second-order valence-electron chi connectivity index (χ2n) is 6.06. The van der Waals surface area contributed by atoms with Crippen LogP contribution in [0.2, 0.25) is 0 Å². The largest absolute Gasteiger partial charge is 0.464 e. The van der Waals surface area contributed by atoms with Crippen LogP contribution in [0.5, 0.6) is 0 Å². The third kappa shape index (κ3) is 4.06. The summed E-state index contributed by atoms with van der Waals surface area (Å²) in [5.41, 5.74) is 1.23. The van der Waals surface area contributed by atoms with Gasteiger partial charge in [-0.25, -0.2) is 4.79 Å². The molecule has 1 aromatic heterocycles. The van der Waals surface area contributed by atoms with Crippen LogP contribution in [0.4, 0.5) is 10.5 Å². The molecule has 2 amide bonds. The Kier molecular flexibility index (Phi) is 5.83. The Morgan fingerprint density at radius 3 is 2.59 bits per heavy atom. The number of imide groups is 1. The van der Waals surface area contributed by atoms with E-state index in [0.717, 1.165) is 16.7 Å². The number of nitro groups is 1. The molecule has 1 unspecified atom stereocenters. The van der Waals surface area contributed by atoms with Crippen molar-refractivity contribution in [3.63, 3.8) is 0 Å². The van der Waals surface area contributed by atoms with Crippen molar-refractivity contribution >= 4 is 40.6 Å². The molecule has 3 rings (SSSR count). The summed E-state index contributed by atoms with van der Waals surface area (Å²) in [4.78, 5) is 48.3. The number of aromatic nitrogens is 1. The maximum absolute atomic E-state index is 12.7. The lowest BCUT2D eigenvalue weighted by atomic mass is 10.2. The van der Waals surface area contributed by atoms with E-state index in [1.807, 2.05) is 0 Å². The maximum atomic E-state index is 12.7. The van der Waals surface area contributed by atoms with E-state index in [2.05, 4.69) is 0 Å². The summed E-state index contributed by atoms with van der Waals surface area (Å²) in [6.45, 7) is 3.24. The minimum absolute atomic E-state index is 0.0310. The van der Waals surface area contributed by atoms with Gasteiger partial charge in [0.1, 0.15) is 6.04 Å². The van der Waals surface area contributed by atoms with Crippen LogP contribution in [0.15, 0.2) is 47.5 Å². The number of amides is 2. The first-order chi connectivity index (χ1) is 13.8. The smallest absolute Gasteiger partial charge is 0.329 e. The minimum atomic E-state index is -1.02. The van der Waals surface area contributed by atoms with E-state index in [0.29, 0.717) is 11.4 Å². The highest BCUT2D eigenvalue weighted by atomic mass is 32.2. The Morgan fingerprint density at radius 2 is 1.97 bits per heavy atom. The van der Waals surface area contributed by atoms with Gasteiger partial charge in [-0.15, -0.1) is 0 Å². The number of nitro benzene ring substituents is 1. The highest BCUT2D eigenvalue weighted by Gasteiger charge is 2.41. The highest BCUT2D eigenvalue weighted by Crippen LogP contribution is 2.34. The van der Waals surface area contributed by atoms with E-state index in [-0.39, 0.29) is 17.2 Å². The molecule has 0 spiro atoms. The summed E-state index contributed by atoms with van der Waals surface area (Å²) in [6, 6.07) is 8.41.